The number of hydrogen-bond donors (Lipinski definition) is 2. The van der Waals surface area contributed by atoms with E-state index in [2.05, 4.69) is 5.32 Å². The molecule has 8 nitrogen and oxygen atoms in total. The first-order valence-corrected chi connectivity index (χ1v) is 9.06. The second-order valence-electron chi connectivity index (χ2n) is 6.19. The molecule has 0 bridgehead atoms. The van der Waals surface area contributed by atoms with Crippen molar-refractivity contribution in [3.63, 3.8) is 0 Å². The van der Waals surface area contributed by atoms with Gasteiger partial charge in [0.15, 0.2) is 0 Å². The van der Waals surface area contributed by atoms with Crippen LogP contribution in [0.1, 0.15) is 31.4 Å². The number of primary amides is 1. The smallest absolute Gasteiger partial charge is 0.416 e. The molecular weight excluding hydrogens is 409 g/mol. The van der Waals surface area contributed by atoms with Crippen LogP contribution < -0.4 is 11.1 Å². The van der Waals surface area contributed by atoms with Gasteiger partial charge in [0.25, 0.3) is 0 Å². The summed E-state index contributed by atoms with van der Waals surface area (Å²) in [5, 5.41) is 2.21. The zero-order chi connectivity index (χ0) is 22.9. The maximum Gasteiger partial charge on any atom is 0.416 e. The zero-order valence-corrected chi connectivity index (χ0v) is 16.5. The number of nitrogens with one attached hydrogen (secondary N) is 1. The van der Waals surface area contributed by atoms with Crippen LogP contribution in [0, 0.1) is 5.92 Å². The predicted molar refractivity (Wildman–Crippen MR) is 97.6 cm³/mol. The second-order valence-corrected chi connectivity index (χ2v) is 6.19. The standard InChI is InChI=1S/C19H23F3N2O6/c1-3-29-15(26)10-13(18(28)30-4-2)16(17(23)27)24-14(25)9-11-6-5-7-12(8-11)19(20,21)22/h5-8,13,16H,3-4,9-10H2,1-2H3,(H2,23,27)(H,24,25)/t13-,16-/m0/s1. The molecule has 30 heavy (non-hydrogen) atoms. The summed E-state index contributed by atoms with van der Waals surface area (Å²) in [6.07, 6.45) is -5.68. The van der Waals surface area contributed by atoms with Crippen LogP contribution in [0.3, 0.4) is 0 Å². The van der Waals surface area contributed by atoms with E-state index in [9.17, 15) is 32.3 Å². The Balaban J connectivity index is 3.01. The number of nitrogens with two attached hydrogens (primary N) is 1. The zero-order valence-electron chi connectivity index (χ0n) is 16.5. The van der Waals surface area contributed by atoms with Crippen molar-refractivity contribution in [3.8, 4) is 0 Å². The Morgan fingerprint density at radius 2 is 1.73 bits per heavy atom. The predicted octanol–water partition coefficient (Wildman–Crippen LogP) is 1.35. The van der Waals surface area contributed by atoms with Gasteiger partial charge in [-0.2, -0.15) is 13.2 Å². The molecule has 1 aromatic rings. The third-order valence-corrected chi connectivity index (χ3v) is 3.93. The highest BCUT2D eigenvalue weighted by molar-refractivity contribution is 5.93. The first-order valence-electron chi connectivity index (χ1n) is 9.06. The molecule has 0 radical (unpaired) electrons. The van der Waals surface area contributed by atoms with Gasteiger partial charge in [-0.1, -0.05) is 18.2 Å². The average Bonchev–Trinajstić information content (AvgIpc) is 2.64. The monoisotopic (exact) mass is 432 g/mol. The molecule has 0 spiro atoms. The van der Waals surface area contributed by atoms with Crippen molar-refractivity contribution in [2.24, 2.45) is 11.7 Å². The number of rotatable bonds is 10. The van der Waals surface area contributed by atoms with Crippen molar-refractivity contribution in [1.29, 1.82) is 0 Å². The van der Waals surface area contributed by atoms with E-state index in [0.29, 0.717) is 0 Å². The van der Waals surface area contributed by atoms with Gasteiger partial charge in [0.1, 0.15) is 6.04 Å². The molecule has 0 unspecified atom stereocenters. The van der Waals surface area contributed by atoms with Crippen molar-refractivity contribution in [3.05, 3.63) is 35.4 Å². The molecular formula is C19H23F3N2O6. The number of carbonyl (C=O) groups excluding carboxylic acids is 4. The molecule has 0 aromatic heterocycles. The minimum atomic E-state index is -4.59. The van der Waals surface area contributed by atoms with Crippen LogP contribution in [0.2, 0.25) is 0 Å². The van der Waals surface area contributed by atoms with Gasteiger partial charge < -0.3 is 20.5 Å². The molecule has 0 saturated heterocycles. The minimum absolute atomic E-state index is 0.0253. The number of carbonyl (C=O) groups is 4. The Bertz CT molecular complexity index is 782. The van der Waals surface area contributed by atoms with Gasteiger partial charge in [0.2, 0.25) is 11.8 Å². The first kappa shape index (κ1) is 24.9. The van der Waals surface area contributed by atoms with Crippen molar-refractivity contribution in [2.75, 3.05) is 13.2 Å². The summed E-state index contributed by atoms with van der Waals surface area (Å²) < 4.78 is 48.0. The lowest BCUT2D eigenvalue weighted by Gasteiger charge is -2.23. The van der Waals surface area contributed by atoms with E-state index in [1.165, 1.54) is 13.0 Å². The highest BCUT2D eigenvalue weighted by Gasteiger charge is 2.37. The molecule has 1 rings (SSSR count). The molecule has 0 heterocycles. The Morgan fingerprint density at radius 1 is 1.10 bits per heavy atom. The summed E-state index contributed by atoms with van der Waals surface area (Å²) in [6.45, 7) is 3.02. The number of amides is 2. The fourth-order valence-electron chi connectivity index (χ4n) is 2.62. The summed E-state index contributed by atoms with van der Waals surface area (Å²) in [5.41, 5.74) is 4.37. The number of esters is 2. The molecule has 0 aliphatic rings. The van der Waals surface area contributed by atoms with E-state index in [-0.39, 0.29) is 18.8 Å². The van der Waals surface area contributed by atoms with Gasteiger partial charge in [-0.3, -0.25) is 19.2 Å². The maximum atomic E-state index is 12.8. The molecule has 0 aliphatic carbocycles. The lowest BCUT2D eigenvalue weighted by atomic mass is 9.95. The van der Waals surface area contributed by atoms with E-state index in [1.54, 1.807) is 6.92 Å². The molecule has 2 atom stereocenters. The van der Waals surface area contributed by atoms with Gasteiger partial charge >= 0.3 is 18.1 Å². The number of hydrogen-bond acceptors (Lipinski definition) is 6. The van der Waals surface area contributed by atoms with Gasteiger partial charge in [-0.25, -0.2) is 0 Å². The Morgan fingerprint density at radius 3 is 2.27 bits per heavy atom. The van der Waals surface area contributed by atoms with E-state index < -0.39 is 60.3 Å². The summed E-state index contributed by atoms with van der Waals surface area (Å²) >= 11 is 0. The van der Waals surface area contributed by atoms with E-state index >= 15 is 0 Å². The van der Waals surface area contributed by atoms with Crippen molar-refractivity contribution < 1.29 is 41.8 Å². The second kappa shape index (κ2) is 11.2. The molecule has 166 valence electrons. The molecule has 0 fully saturated rings. The highest BCUT2D eigenvalue weighted by Crippen LogP contribution is 2.29. The molecule has 11 heteroatoms. The SMILES string of the molecule is CCOC(=O)C[C@H](C(=O)OCC)[C@H](NC(=O)Cc1cccc(C(F)(F)F)c1)C(N)=O. The Hall–Kier alpha value is -3.11. The normalized spacial score (nSPS) is 13.1. The van der Waals surface area contributed by atoms with Crippen LogP contribution in [0.15, 0.2) is 24.3 Å². The third kappa shape index (κ3) is 7.72. The van der Waals surface area contributed by atoms with Crippen molar-refractivity contribution in [2.45, 2.75) is 38.9 Å². The van der Waals surface area contributed by atoms with Gasteiger partial charge in [-0.05, 0) is 25.5 Å². The molecule has 2 amide bonds. The quantitative estimate of drug-likeness (QED) is 0.538. The van der Waals surface area contributed by atoms with Gasteiger partial charge in [0.05, 0.1) is 37.5 Å². The molecule has 0 aliphatic heterocycles. The topological polar surface area (TPSA) is 125 Å². The number of ether oxygens (including phenoxy) is 2. The summed E-state index contributed by atoms with van der Waals surface area (Å²) in [6, 6.07) is 2.46. The van der Waals surface area contributed by atoms with Crippen LogP contribution in [-0.2, 0) is 41.2 Å². The van der Waals surface area contributed by atoms with Crippen LogP contribution in [-0.4, -0.2) is 43.0 Å². The fraction of sp³-hybridized carbons (Fsp3) is 0.474. The van der Waals surface area contributed by atoms with E-state index in [4.69, 9.17) is 15.2 Å². The van der Waals surface area contributed by atoms with E-state index in [1.807, 2.05) is 0 Å². The lowest BCUT2D eigenvalue weighted by molar-refractivity contribution is -0.157. The average molecular weight is 432 g/mol. The molecule has 3 N–H and O–H groups in total. The van der Waals surface area contributed by atoms with Crippen LogP contribution >= 0.6 is 0 Å². The lowest BCUT2D eigenvalue weighted by Crippen LogP contribution is -2.52. The summed E-state index contributed by atoms with van der Waals surface area (Å²) in [5.74, 6) is -5.19. The van der Waals surface area contributed by atoms with Gasteiger partial charge in [0, 0.05) is 0 Å². The Kier molecular flexibility index (Phi) is 9.28. The maximum absolute atomic E-state index is 12.8. The molecule has 0 saturated carbocycles. The fourth-order valence-corrected chi connectivity index (χ4v) is 2.62. The van der Waals surface area contributed by atoms with E-state index in [0.717, 1.165) is 18.2 Å². The third-order valence-electron chi connectivity index (χ3n) is 3.93. The van der Waals surface area contributed by atoms with Crippen molar-refractivity contribution >= 4 is 23.8 Å². The van der Waals surface area contributed by atoms with Crippen LogP contribution in [0.4, 0.5) is 13.2 Å². The number of halogens is 3. The number of alkyl halides is 3. The largest absolute Gasteiger partial charge is 0.466 e. The Labute approximate surface area is 170 Å². The number of benzene rings is 1. The van der Waals surface area contributed by atoms with Gasteiger partial charge in [-0.15, -0.1) is 0 Å². The van der Waals surface area contributed by atoms with Crippen LogP contribution in [0.5, 0.6) is 0 Å². The summed E-state index contributed by atoms with van der Waals surface area (Å²) in [4.78, 5) is 48.2. The first-order chi connectivity index (χ1) is 14.0. The van der Waals surface area contributed by atoms with Crippen molar-refractivity contribution in [1.82, 2.24) is 5.32 Å². The molecule has 1 aromatic carbocycles. The highest BCUT2D eigenvalue weighted by atomic mass is 19.4. The van der Waals surface area contributed by atoms with Crippen LogP contribution in [0.25, 0.3) is 0 Å². The summed E-state index contributed by atoms with van der Waals surface area (Å²) in [7, 11) is 0. The minimum Gasteiger partial charge on any atom is -0.466 e.